The van der Waals surface area contributed by atoms with Crippen molar-refractivity contribution < 1.29 is 19.8 Å². The zero-order valence-corrected chi connectivity index (χ0v) is 4.94. The van der Waals surface area contributed by atoms with Crippen molar-refractivity contribution in [1.82, 2.24) is 0 Å². The minimum atomic E-state index is -1.36. The van der Waals surface area contributed by atoms with E-state index >= 15 is 0 Å². The lowest BCUT2D eigenvalue weighted by Crippen LogP contribution is -2.45. The van der Waals surface area contributed by atoms with Gasteiger partial charge in [-0.05, 0) is 0 Å². The van der Waals surface area contributed by atoms with Crippen LogP contribution in [0.15, 0.2) is 12.2 Å². The van der Waals surface area contributed by atoms with E-state index < -0.39 is 23.8 Å². The quantitative estimate of drug-likeness (QED) is 0.390. The Bertz CT molecular complexity index is 184. The minimum Gasteiger partial charge on any atom is -0.549 e. The molecule has 0 saturated carbocycles. The Balaban J connectivity index is 2.63. The van der Waals surface area contributed by atoms with Crippen molar-refractivity contribution in [1.29, 1.82) is 0 Å². The van der Waals surface area contributed by atoms with Gasteiger partial charge in [0.1, 0.15) is 0 Å². The second-order valence-corrected chi connectivity index (χ2v) is 2.07. The summed E-state index contributed by atoms with van der Waals surface area (Å²) in [4.78, 5) is 20.1. The van der Waals surface area contributed by atoms with Gasteiger partial charge in [-0.3, -0.25) is 0 Å². The largest absolute Gasteiger partial charge is 0.549 e. The van der Waals surface area contributed by atoms with Gasteiger partial charge in [0.05, 0.1) is 0 Å². The first-order chi connectivity index (χ1) is 4.63. The third-order valence-corrected chi connectivity index (χ3v) is 1.46. The maximum Gasteiger partial charge on any atom is 0.0492 e. The molecule has 0 saturated heterocycles. The van der Waals surface area contributed by atoms with Gasteiger partial charge < -0.3 is 19.8 Å². The van der Waals surface area contributed by atoms with E-state index in [2.05, 4.69) is 0 Å². The Morgan fingerprint density at radius 1 is 1.00 bits per heavy atom. The third kappa shape index (κ3) is 0.877. The van der Waals surface area contributed by atoms with Crippen molar-refractivity contribution in [3.05, 3.63) is 12.2 Å². The van der Waals surface area contributed by atoms with Crippen LogP contribution in [0.2, 0.25) is 0 Å². The summed E-state index contributed by atoms with van der Waals surface area (Å²) in [7, 11) is 0. The molecule has 1 aliphatic rings. The van der Waals surface area contributed by atoms with Crippen LogP contribution >= 0.6 is 0 Å². The SMILES string of the molecule is O=C([O-])C1C=CC1C(=O)[O-]. The summed E-state index contributed by atoms with van der Waals surface area (Å²) in [6.45, 7) is 0. The molecule has 4 heteroatoms. The normalized spacial score (nSPS) is 29.2. The monoisotopic (exact) mass is 140 g/mol. The fourth-order valence-corrected chi connectivity index (χ4v) is 0.784. The number of carbonyl (C=O) groups excluding carboxylic acids is 2. The van der Waals surface area contributed by atoms with Crippen LogP contribution in [0.4, 0.5) is 0 Å². The molecular weight excluding hydrogens is 136 g/mol. The highest BCUT2D eigenvalue weighted by atomic mass is 16.4. The summed E-state index contributed by atoms with van der Waals surface area (Å²) in [5.41, 5.74) is 0. The fourth-order valence-electron chi connectivity index (χ4n) is 0.784. The molecule has 0 aromatic carbocycles. The Hall–Kier alpha value is -1.32. The molecule has 10 heavy (non-hydrogen) atoms. The molecule has 0 aromatic heterocycles. The smallest absolute Gasteiger partial charge is 0.0492 e. The van der Waals surface area contributed by atoms with Crippen molar-refractivity contribution >= 4 is 11.9 Å². The lowest BCUT2D eigenvalue weighted by atomic mass is 9.82. The molecule has 0 radical (unpaired) electrons. The van der Waals surface area contributed by atoms with Crippen molar-refractivity contribution in [3.8, 4) is 0 Å². The van der Waals surface area contributed by atoms with Crippen LogP contribution in [0.25, 0.3) is 0 Å². The molecule has 4 nitrogen and oxygen atoms in total. The number of hydrogen-bond acceptors (Lipinski definition) is 4. The zero-order chi connectivity index (χ0) is 7.72. The van der Waals surface area contributed by atoms with E-state index in [4.69, 9.17) is 0 Å². The first kappa shape index (κ1) is 6.80. The first-order valence-electron chi connectivity index (χ1n) is 2.73. The predicted molar refractivity (Wildman–Crippen MR) is 26.1 cm³/mol. The maximum absolute atomic E-state index is 10.0. The van der Waals surface area contributed by atoms with Crippen LogP contribution in [0.5, 0.6) is 0 Å². The number of rotatable bonds is 2. The minimum absolute atomic E-state index is 0.995. The molecule has 0 aromatic rings. The first-order valence-corrected chi connectivity index (χ1v) is 2.73. The number of hydrogen-bond donors (Lipinski definition) is 0. The molecule has 0 aliphatic heterocycles. The molecule has 54 valence electrons. The zero-order valence-electron chi connectivity index (χ0n) is 4.94. The Labute approximate surface area is 56.8 Å². The molecule has 2 unspecified atom stereocenters. The average molecular weight is 140 g/mol. The third-order valence-electron chi connectivity index (χ3n) is 1.46. The number of carboxylic acid groups (broad SMARTS) is 2. The molecular formula is C6H4O4-2. The lowest BCUT2D eigenvalue weighted by Gasteiger charge is -2.30. The van der Waals surface area contributed by atoms with Crippen LogP contribution in [-0.2, 0) is 9.59 Å². The second-order valence-electron chi connectivity index (χ2n) is 2.07. The fraction of sp³-hybridized carbons (Fsp3) is 0.333. The van der Waals surface area contributed by atoms with Crippen molar-refractivity contribution in [2.24, 2.45) is 11.8 Å². The number of aliphatic carboxylic acids is 2. The van der Waals surface area contributed by atoms with Gasteiger partial charge >= 0.3 is 0 Å². The van der Waals surface area contributed by atoms with E-state index in [1.54, 1.807) is 0 Å². The summed E-state index contributed by atoms with van der Waals surface area (Å²) >= 11 is 0. The van der Waals surface area contributed by atoms with Gasteiger partial charge in [-0.25, -0.2) is 0 Å². The van der Waals surface area contributed by atoms with Crippen LogP contribution in [0.3, 0.4) is 0 Å². The van der Waals surface area contributed by atoms with E-state index in [0.29, 0.717) is 0 Å². The molecule has 1 aliphatic carbocycles. The number of carboxylic acids is 2. The van der Waals surface area contributed by atoms with Gasteiger partial charge in [-0.1, -0.05) is 12.2 Å². The van der Waals surface area contributed by atoms with Gasteiger partial charge in [0, 0.05) is 23.8 Å². The average Bonchev–Trinajstić information content (AvgIpc) is 1.56. The second kappa shape index (κ2) is 2.13. The van der Waals surface area contributed by atoms with Gasteiger partial charge in [-0.15, -0.1) is 0 Å². The van der Waals surface area contributed by atoms with Gasteiger partial charge in [0.2, 0.25) is 0 Å². The maximum atomic E-state index is 10.0. The van der Waals surface area contributed by atoms with Gasteiger partial charge in [-0.2, -0.15) is 0 Å². The summed E-state index contributed by atoms with van der Waals surface area (Å²) in [5.74, 6) is -4.72. The molecule has 1 rings (SSSR count). The molecule has 0 spiro atoms. The molecule has 0 amide bonds. The summed E-state index contributed by atoms with van der Waals surface area (Å²) in [5, 5.41) is 20.1. The summed E-state index contributed by atoms with van der Waals surface area (Å²) < 4.78 is 0. The van der Waals surface area contributed by atoms with E-state index in [-0.39, 0.29) is 0 Å². The van der Waals surface area contributed by atoms with Crippen molar-refractivity contribution in [3.63, 3.8) is 0 Å². The summed E-state index contributed by atoms with van der Waals surface area (Å²) in [6.07, 6.45) is 2.55. The van der Waals surface area contributed by atoms with E-state index in [1.165, 1.54) is 12.2 Å². The van der Waals surface area contributed by atoms with Crippen LogP contribution in [-0.4, -0.2) is 11.9 Å². The van der Waals surface area contributed by atoms with Crippen molar-refractivity contribution in [2.75, 3.05) is 0 Å². The van der Waals surface area contributed by atoms with E-state index in [0.717, 1.165) is 0 Å². The van der Waals surface area contributed by atoms with Gasteiger partial charge in [0.15, 0.2) is 0 Å². The van der Waals surface area contributed by atoms with Crippen LogP contribution < -0.4 is 10.2 Å². The molecule has 2 atom stereocenters. The molecule has 0 bridgehead atoms. The highest BCUT2D eigenvalue weighted by Crippen LogP contribution is 2.23. The highest BCUT2D eigenvalue weighted by Gasteiger charge is 2.25. The van der Waals surface area contributed by atoms with Crippen molar-refractivity contribution in [2.45, 2.75) is 0 Å². The molecule has 0 fully saturated rings. The highest BCUT2D eigenvalue weighted by molar-refractivity contribution is 5.83. The molecule has 0 N–H and O–H groups in total. The topological polar surface area (TPSA) is 80.3 Å². The standard InChI is InChI=1S/C6H6O4/c7-5(8)3-1-2-4(3)6(9)10/h1-4H,(H,7,8)(H,9,10)/p-2. The van der Waals surface area contributed by atoms with Crippen LogP contribution in [0.1, 0.15) is 0 Å². The van der Waals surface area contributed by atoms with Crippen LogP contribution in [0, 0.1) is 11.8 Å². The molecule has 0 heterocycles. The Kier molecular flexibility index (Phi) is 1.45. The van der Waals surface area contributed by atoms with E-state index in [9.17, 15) is 19.8 Å². The predicted octanol–water partition coefficient (Wildman–Crippen LogP) is -2.71. The van der Waals surface area contributed by atoms with E-state index in [1.807, 2.05) is 0 Å². The number of carbonyl (C=O) groups is 2. The Morgan fingerprint density at radius 2 is 1.30 bits per heavy atom. The lowest BCUT2D eigenvalue weighted by molar-refractivity contribution is -0.324. The van der Waals surface area contributed by atoms with Gasteiger partial charge in [0.25, 0.3) is 0 Å². The Morgan fingerprint density at radius 3 is 1.40 bits per heavy atom. The summed E-state index contributed by atoms with van der Waals surface area (Å²) in [6, 6.07) is 0.